The van der Waals surface area contributed by atoms with Gasteiger partial charge in [-0.3, -0.25) is 4.79 Å². The fraction of sp³-hybridized carbons (Fsp3) is 0.286. The number of carbonyl (C=O) groups excluding carboxylic acids is 1. The Morgan fingerprint density at radius 1 is 1.19 bits per heavy atom. The largest absolute Gasteiger partial charge is 0.493 e. The summed E-state index contributed by atoms with van der Waals surface area (Å²) < 4.78 is 16.3. The molecule has 3 rings (SSSR count). The normalized spacial score (nSPS) is 16.2. The zero-order valence-electron chi connectivity index (χ0n) is 15.0. The van der Waals surface area contributed by atoms with Crippen LogP contribution in [0, 0.1) is 0 Å². The lowest BCUT2D eigenvalue weighted by Crippen LogP contribution is -2.30. The van der Waals surface area contributed by atoms with E-state index in [0.29, 0.717) is 24.7 Å². The van der Waals surface area contributed by atoms with Crippen LogP contribution in [0.25, 0.3) is 6.08 Å². The van der Waals surface area contributed by atoms with E-state index in [-0.39, 0.29) is 12.0 Å². The van der Waals surface area contributed by atoms with Crippen LogP contribution in [0.2, 0.25) is 0 Å². The standard InChI is InChI=1S/C21H23NO4/c1-24-18-9-7-15(13-19(18)25-2)8-10-21(23)22-14-20-17-6-4-3-5-16(17)11-12-26-20/h3-10,13,20H,11-12,14H2,1-2H3,(H,22,23)/b10-8-. The van der Waals surface area contributed by atoms with Gasteiger partial charge in [0.2, 0.25) is 5.91 Å². The van der Waals surface area contributed by atoms with Crippen LogP contribution in [0.5, 0.6) is 11.5 Å². The Kier molecular flexibility index (Phi) is 5.92. The van der Waals surface area contributed by atoms with Crippen molar-refractivity contribution in [2.75, 3.05) is 27.4 Å². The van der Waals surface area contributed by atoms with E-state index in [9.17, 15) is 4.79 Å². The van der Waals surface area contributed by atoms with Gasteiger partial charge in [-0.05, 0) is 41.3 Å². The van der Waals surface area contributed by atoms with Crippen molar-refractivity contribution in [3.05, 3.63) is 65.2 Å². The number of methoxy groups -OCH3 is 2. The molecule has 5 heteroatoms. The van der Waals surface area contributed by atoms with E-state index >= 15 is 0 Å². The number of hydrogen-bond donors (Lipinski definition) is 1. The van der Waals surface area contributed by atoms with Gasteiger partial charge in [0, 0.05) is 12.6 Å². The first-order valence-corrected chi connectivity index (χ1v) is 8.58. The first kappa shape index (κ1) is 18.0. The number of nitrogens with one attached hydrogen (secondary N) is 1. The smallest absolute Gasteiger partial charge is 0.244 e. The number of benzene rings is 2. The number of carbonyl (C=O) groups is 1. The molecule has 1 N–H and O–H groups in total. The Morgan fingerprint density at radius 2 is 2.00 bits per heavy atom. The van der Waals surface area contributed by atoms with Crippen molar-refractivity contribution in [1.82, 2.24) is 5.32 Å². The van der Waals surface area contributed by atoms with Gasteiger partial charge in [0.25, 0.3) is 0 Å². The van der Waals surface area contributed by atoms with E-state index in [1.165, 1.54) is 11.6 Å². The molecule has 0 fully saturated rings. The zero-order chi connectivity index (χ0) is 18.4. The zero-order valence-corrected chi connectivity index (χ0v) is 15.0. The molecule has 2 aromatic carbocycles. The van der Waals surface area contributed by atoms with Crippen molar-refractivity contribution in [3.8, 4) is 11.5 Å². The van der Waals surface area contributed by atoms with Crippen LogP contribution in [0.3, 0.4) is 0 Å². The third kappa shape index (κ3) is 4.24. The summed E-state index contributed by atoms with van der Waals surface area (Å²) in [5.74, 6) is 1.12. The van der Waals surface area contributed by atoms with Gasteiger partial charge in [0.1, 0.15) is 6.10 Å². The van der Waals surface area contributed by atoms with Gasteiger partial charge in [-0.25, -0.2) is 0 Å². The van der Waals surface area contributed by atoms with Crippen LogP contribution in [0.1, 0.15) is 22.8 Å². The lowest BCUT2D eigenvalue weighted by atomic mass is 9.97. The molecule has 0 saturated carbocycles. The fourth-order valence-corrected chi connectivity index (χ4v) is 3.03. The molecule has 136 valence electrons. The number of amides is 1. The molecule has 0 radical (unpaired) electrons. The maximum absolute atomic E-state index is 12.1. The van der Waals surface area contributed by atoms with Crippen molar-refractivity contribution < 1.29 is 19.0 Å². The highest BCUT2D eigenvalue weighted by Gasteiger charge is 2.20. The van der Waals surface area contributed by atoms with Gasteiger partial charge in [-0.2, -0.15) is 0 Å². The summed E-state index contributed by atoms with van der Waals surface area (Å²) in [5.41, 5.74) is 3.30. The summed E-state index contributed by atoms with van der Waals surface area (Å²) in [4.78, 5) is 12.1. The van der Waals surface area contributed by atoms with E-state index in [0.717, 1.165) is 17.5 Å². The van der Waals surface area contributed by atoms with E-state index in [4.69, 9.17) is 14.2 Å². The Balaban J connectivity index is 1.59. The number of rotatable bonds is 6. The van der Waals surface area contributed by atoms with Gasteiger partial charge in [-0.1, -0.05) is 30.3 Å². The molecule has 1 aliphatic heterocycles. The molecular formula is C21H23NO4. The second-order valence-corrected chi connectivity index (χ2v) is 6.00. The summed E-state index contributed by atoms with van der Waals surface area (Å²) in [5, 5.41) is 2.91. The molecule has 0 spiro atoms. The van der Waals surface area contributed by atoms with Crippen molar-refractivity contribution >= 4 is 12.0 Å². The highest BCUT2D eigenvalue weighted by Crippen LogP contribution is 2.28. The van der Waals surface area contributed by atoms with E-state index in [2.05, 4.69) is 17.4 Å². The van der Waals surface area contributed by atoms with Crippen LogP contribution >= 0.6 is 0 Å². The average Bonchev–Trinajstić information content (AvgIpc) is 2.70. The molecule has 0 bridgehead atoms. The minimum atomic E-state index is -0.161. The summed E-state index contributed by atoms with van der Waals surface area (Å²) in [6, 6.07) is 13.7. The highest BCUT2D eigenvalue weighted by atomic mass is 16.5. The van der Waals surface area contributed by atoms with E-state index < -0.39 is 0 Å². The number of ether oxygens (including phenoxy) is 3. The van der Waals surface area contributed by atoms with E-state index in [1.54, 1.807) is 20.3 Å². The Hall–Kier alpha value is -2.79. The topological polar surface area (TPSA) is 56.8 Å². The predicted octanol–water partition coefficient (Wildman–Crippen LogP) is 3.15. The third-order valence-corrected chi connectivity index (χ3v) is 4.39. The van der Waals surface area contributed by atoms with Gasteiger partial charge in [0.15, 0.2) is 11.5 Å². The quantitative estimate of drug-likeness (QED) is 0.811. The molecule has 0 aromatic heterocycles. The Bertz CT molecular complexity index is 800. The second-order valence-electron chi connectivity index (χ2n) is 6.00. The molecule has 1 amide bonds. The molecule has 1 heterocycles. The van der Waals surface area contributed by atoms with Gasteiger partial charge >= 0.3 is 0 Å². The molecule has 26 heavy (non-hydrogen) atoms. The minimum absolute atomic E-state index is 0.0987. The van der Waals surface area contributed by atoms with Crippen LogP contribution in [-0.4, -0.2) is 33.3 Å². The van der Waals surface area contributed by atoms with Crippen LogP contribution < -0.4 is 14.8 Å². The number of fused-ring (bicyclic) bond motifs is 1. The number of hydrogen-bond acceptors (Lipinski definition) is 4. The molecular weight excluding hydrogens is 330 g/mol. The van der Waals surface area contributed by atoms with Crippen molar-refractivity contribution in [1.29, 1.82) is 0 Å². The molecule has 1 atom stereocenters. The maximum Gasteiger partial charge on any atom is 0.244 e. The Labute approximate surface area is 153 Å². The van der Waals surface area contributed by atoms with Crippen molar-refractivity contribution in [2.45, 2.75) is 12.5 Å². The van der Waals surface area contributed by atoms with Gasteiger partial charge < -0.3 is 19.5 Å². The van der Waals surface area contributed by atoms with E-state index in [1.807, 2.05) is 30.3 Å². The summed E-state index contributed by atoms with van der Waals surface area (Å²) in [6.07, 6.45) is 4.07. The molecule has 0 saturated heterocycles. The summed E-state index contributed by atoms with van der Waals surface area (Å²) >= 11 is 0. The maximum atomic E-state index is 12.1. The SMILES string of the molecule is COc1ccc(/C=C\C(=O)NCC2OCCc3ccccc32)cc1OC. The van der Waals surface area contributed by atoms with Crippen LogP contribution in [0.4, 0.5) is 0 Å². The van der Waals surface area contributed by atoms with Gasteiger partial charge in [-0.15, -0.1) is 0 Å². The molecule has 5 nitrogen and oxygen atoms in total. The van der Waals surface area contributed by atoms with Crippen molar-refractivity contribution in [3.63, 3.8) is 0 Å². The molecule has 1 aliphatic rings. The average molecular weight is 353 g/mol. The predicted molar refractivity (Wildman–Crippen MR) is 100 cm³/mol. The molecule has 0 aliphatic carbocycles. The molecule has 2 aromatic rings. The second kappa shape index (κ2) is 8.54. The van der Waals surface area contributed by atoms with Crippen LogP contribution in [0.15, 0.2) is 48.5 Å². The van der Waals surface area contributed by atoms with Crippen LogP contribution in [-0.2, 0) is 16.0 Å². The monoisotopic (exact) mass is 353 g/mol. The summed E-state index contributed by atoms with van der Waals surface area (Å²) in [6.45, 7) is 1.13. The molecule has 1 unspecified atom stereocenters. The third-order valence-electron chi connectivity index (χ3n) is 4.39. The van der Waals surface area contributed by atoms with Gasteiger partial charge in [0.05, 0.1) is 20.8 Å². The first-order chi connectivity index (χ1) is 12.7. The summed E-state index contributed by atoms with van der Waals surface area (Å²) in [7, 11) is 3.17. The fourth-order valence-electron chi connectivity index (χ4n) is 3.03. The minimum Gasteiger partial charge on any atom is -0.493 e. The lowest BCUT2D eigenvalue weighted by Gasteiger charge is -2.26. The van der Waals surface area contributed by atoms with Crippen molar-refractivity contribution in [2.24, 2.45) is 0 Å². The first-order valence-electron chi connectivity index (χ1n) is 8.58. The lowest BCUT2D eigenvalue weighted by molar-refractivity contribution is -0.117. The highest BCUT2D eigenvalue weighted by molar-refractivity contribution is 5.91. The Morgan fingerprint density at radius 3 is 2.81 bits per heavy atom.